The van der Waals surface area contributed by atoms with Gasteiger partial charge in [-0.15, -0.1) is 5.10 Å². The number of aryl methyl sites for hydroxylation is 2. The Morgan fingerprint density at radius 3 is 2.63 bits per heavy atom. The maximum absolute atomic E-state index is 12.4. The Bertz CT molecular complexity index is 1020. The molecule has 1 atom stereocenters. The number of fused-ring (bicyclic) bond motifs is 1. The van der Waals surface area contributed by atoms with E-state index in [1.165, 1.54) is 4.68 Å². The van der Waals surface area contributed by atoms with Gasteiger partial charge in [0.25, 0.3) is 5.91 Å². The lowest BCUT2D eigenvalue weighted by atomic mass is 10.1. The Morgan fingerprint density at radius 1 is 1.15 bits per heavy atom. The summed E-state index contributed by atoms with van der Waals surface area (Å²) in [5, 5.41) is 10.00. The molecule has 0 unspecified atom stereocenters. The molecule has 0 radical (unpaired) electrons. The normalized spacial score (nSPS) is 15.3. The van der Waals surface area contributed by atoms with Crippen molar-refractivity contribution in [1.82, 2.24) is 14.8 Å². The van der Waals surface area contributed by atoms with Gasteiger partial charge in [-0.2, -0.15) is 4.98 Å². The molecule has 2 heterocycles. The number of carbonyl (C=O) groups excluding carboxylic acids is 2. The number of anilines is 2. The fourth-order valence-electron chi connectivity index (χ4n) is 3.02. The van der Waals surface area contributed by atoms with Gasteiger partial charge >= 0.3 is 0 Å². The second-order valence-electron chi connectivity index (χ2n) is 6.64. The zero-order chi connectivity index (χ0) is 19.0. The highest BCUT2D eigenvalue weighted by atomic mass is 16.2. The molecule has 7 nitrogen and oxygen atoms in total. The summed E-state index contributed by atoms with van der Waals surface area (Å²) in [6.45, 7) is 3.93. The smallest absolute Gasteiger partial charge is 0.252 e. The van der Waals surface area contributed by atoms with Gasteiger partial charge in [0.05, 0.1) is 6.42 Å². The van der Waals surface area contributed by atoms with Crippen molar-refractivity contribution in [2.75, 3.05) is 10.6 Å². The van der Waals surface area contributed by atoms with Crippen molar-refractivity contribution in [3.05, 3.63) is 59.7 Å². The second-order valence-corrected chi connectivity index (χ2v) is 6.64. The van der Waals surface area contributed by atoms with Gasteiger partial charge < -0.3 is 5.32 Å². The first-order chi connectivity index (χ1) is 13.0. The molecule has 0 fully saturated rings. The standard InChI is InChI=1S/C20H19N5O2/c1-12-7-9-14(10-8-12)18-22-20-23-19(27)16(25(20)24-18)11-17(26)21-15-6-4-3-5-13(15)2/h3-10,16H,11H2,1-2H3,(H,21,26)(H,22,23,24,27)/t16-/m1/s1. The third-order valence-corrected chi connectivity index (χ3v) is 4.57. The molecule has 136 valence electrons. The van der Waals surface area contributed by atoms with Gasteiger partial charge in [0, 0.05) is 11.3 Å². The number of nitrogens with zero attached hydrogens (tertiary/aromatic N) is 3. The molecule has 7 heteroatoms. The number of para-hydroxylation sites is 1. The lowest BCUT2D eigenvalue weighted by molar-refractivity contribution is -0.123. The highest BCUT2D eigenvalue weighted by Crippen LogP contribution is 2.28. The summed E-state index contributed by atoms with van der Waals surface area (Å²) in [7, 11) is 0. The van der Waals surface area contributed by atoms with Gasteiger partial charge in [0.15, 0.2) is 5.82 Å². The van der Waals surface area contributed by atoms with Crippen molar-refractivity contribution in [2.24, 2.45) is 0 Å². The third kappa shape index (κ3) is 3.31. The zero-order valence-corrected chi connectivity index (χ0v) is 15.1. The highest BCUT2D eigenvalue weighted by Gasteiger charge is 2.35. The third-order valence-electron chi connectivity index (χ3n) is 4.57. The van der Waals surface area contributed by atoms with Crippen LogP contribution in [0.15, 0.2) is 48.5 Å². The van der Waals surface area contributed by atoms with Crippen LogP contribution < -0.4 is 10.6 Å². The summed E-state index contributed by atoms with van der Waals surface area (Å²) in [4.78, 5) is 29.1. The predicted molar refractivity (Wildman–Crippen MR) is 102 cm³/mol. The lowest BCUT2D eigenvalue weighted by Gasteiger charge is -2.11. The quantitative estimate of drug-likeness (QED) is 0.747. The molecule has 3 aromatic rings. The van der Waals surface area contributed by atoms with Gasteiger partial charge in [-0.05, 0) is 25.5 Å². The van der Waals surface area contributed by atoms with Crippen LogP contribution in [0.2, 0.25) is 0 Å². The van der Waals surface area contributed by atoms with E-state index in [2.05, 4.69) is 20.7 Å². The summed E-state index contributed by atoms with van der Waals surface area (Å²) in [5.74, 6) is 0.364. The van der Waals surface area contributed by atoms with E-state index in [1.807, 2.05) is 62.4 Å². The maximum Gasteiger partial charge on any atom is 0.252 e. The number of carbonyl (C=O) groups is 2. The van der Waals surface area contributed by atoms with Crippen LogP contribution in [0, 0.1) is 13.8 Å². The van der Waals surface area contributed by atoms with Crippen LogP contribution in [0.3, 0.4) is 0 Å². The average Bonchev–Trinajstić information content (AvgIpc) is 3.17. The molecule has 0 saturated carbocycles. The molecule has 1 aliphatic heterocycles. The Balaban J connectivity index is 1.53. The first-order valence-corrected chi connectivity index (χ1v) is 8.71. The Morgan fingerprint density at radius 2 is 1.89 bits per heavy atom. The van der Waals surface area contributed by atoms with Crippen LogP contribution >= 0.6 is 0 Å². The fourth-order valence-corrected chi connectivity index (χ4v) is 3.02. The van der Waals surface area contributed by atoms with Crippen molar-refractivity contribution in [3.8, 4) is 11.4 Å². The number of hydrogen-bond donors (Lipinski definition) is 2. The monoisotopic (exact) mass is 361 g/mol. The van der Waals surface area contributed by atoms with E-state index in [1.54, 1.807) is 0 Å². The summed E-state index contributed by atoms with van der Waals surface area (Å²) >= 11 is 0. The second kappa shape index (κ2) is 6.68. The van der Waals surface area contributed by atoms with E-state index >= 15 is 0 Å². The van der Waals surface area contributed by atoms with Gasteiger partial charge in [-0.1, -0.05) is 48.0 Å². The number of benzene rings is 2. The number of hydrogen-bond acceptors (Lipinski definition) is 4. The molecule has 1 aromatic heterocycles. The first kappa shape index (κ1) is 17.0. The molecular formula is C20H19N5O2. The van der Waals surface area contributed by atoms with Crippen LogP contribution in [0.4, 0.5) is 11.6 Å². The zero-order valence-electron chi connectivity index (χ0n) is 15.1. The van der Waals surface area contributed by atoms with E-state index in [9.17, 15) is 9.59 Å². The molecule has 2 amide bonds. The first-order valence-electron chi connectivity index (χ1n) is 8.71. The van der Waals surface area contributed by atoms with E-state index in [4.69, 9.17) is 0 Å². The number of amides is 2. The molecule has 0 aliphatic carbocycles. The van der Waals surface area contributed by atoms with E-state index in [0.29, 0.717) is 11.8 Å². The van der Waals surface area contributed by atoms with Gasteiger partial charge in [0.2, 0.25) is 11.9 Å². The minimum atomic E-state index is -0.712. The molecule has 0 bridgehead atoms. The van der Waals surface area contributed by atoms with Crippen LogP contribution in [-0.4, -0.2) is 26.6 Å². The minimum absolute atomic E-state index is 0.0101. The Kier molecular flexibility index (Phi) is 4.19. The van der Waals surface area contributed by atoms with Crippen molar-refractivity contribution in [2.45, 2.75) is 26.3 Å². The molecule has 1 aliphatic rings. The predicted octanol–water partition coefficient (Wildman–Crippen LogP) is 3.08. The number of aromatic nitrogens is 3. The summed E-state index contributed by atoms with van der Waals surface area (Å²) < 4.78 is 1.49. The number of rotatable bonds is 4. The Hall–Kier alpha value is -3.48. The van der Waals surface area contributed by atoms with E-state index in [-0.39, 0.29) is 18.2 Å². The maximum atomic E-state index is 12.4. The van der Waals surface area contributed by atoms with Crippen LogP contribution in [0.1, 0.15) is 23.6 Å². The van der Waals surface area contributed by atoms with Crippen LogP contribution in [0.25, 0.3) is 11.4 Å². The van der Waals surface area contributed by atoms with Crippen LogP contribution in [-0.2, 0) is 9.59 Å². The lowest BCUT2D eigenvalue weighted by Crippen LogP contribution is -2.24. The molecule has 2 N–H and O–H groups in total. The fraction of sp³-hybridized carbons (Fsp3) is 0.200. The number of nitrogens with one attached hydrogen (secondary N) is 2. The summed E-state index contributed by atoms with van der Waals surface area (Å²) in [5.41, 5.74) is 3.70. The van der Waals surface area contributed by atoms with Gasteiger partial charge in [0.1, 0.15) is 6.04 Å². The molecule has 27 heavy (non-hydrogen) atoms. The summed E-state index contributed by atoms with van der Waals surface area (Å²) in [6.07, 6.45) is -0.0101. The SMILES string of the molecule is Cc1ccc(-c2nc3n(n2)[C@H](CC(=O)Nc2ccccc2C)C(=O)N3)cc1. The molecule has 4 rings (SSSR count). The Labute approximate surface area is 156 Å². The average molecular weight is 361 g/mol. The van der Waals surface area contributed by atoms with E-state index < -0.39 is 6.04 Å². The van der Waals surface area contributed by atoms with Gasteiger partial charge in [-0.25, -0.2) is 4.68 Å². The highest BCUT2D eigenvalue weighted by molar-refractivity contribution is 6.01. The molecular weight excluding hydrogens is 342 g/mol. The van der Waals surface area contributed by atoms with Crippen molar-refractivity contribution in [1.29, 1.82) is 0 Å². The molecule has 2 aromatic carbocycles. The van der Waals surface area contributed by atoms with Gasteiger partial charge in [-0.3, -0.25) is 14.9 Å². The topological polar surface area (TPSA) is 88.9 Å². The minimum Gasteiger partial charge on any atom is -0.326 e. The van der Waals surface area contributed by atoms with E-state index in [0.717, 1.165) is 22.4 Å². The van der Waals surface area contributed by atoms with Crippen molar-refractivity contribution in [3.63, 3.8) is 0 Å². The summed E-state index contributed by atoms with van der Waals surface area (Å²) in [6, 6.07) is 14.6. The molecule has 0 spiro atoms. The molecule has 0 saturated heterocycles. The van der Waals surface area contributed by atoms with Crippen LogP contribution in [0.5, 0.6) is 0 Å². The largest absolute Gasteiger partial charge is 0.326 e. The van der Waals surface area contributed by atoms with Crippen molar-refractivity contribution >= 4 is 23.5 Å². The van der Waals surface area contributed by atoms with Crippen molar-refractivity contribution < 1.29 is 9.59 Å².